The second kappa shape index (κ2) is 5.45. The summed E-state index contributed by atoms with van der Waals surface area (Å²) in [7, 11) is 0. The van der Waals surface area contributed by atoms with Crippen LogP contribution in [0.2, 0.25) is 0 Å². The highest BCUT2D eigenvalue weighted by Crippen LogP contribution is 2.14. The summed E-state index contributed by atoms with van der Waals surface area (Å²) in [6, 6.07) is 5.98. The monoisotopic (exact) mass is 232 g/mol. The van der Waals surface area contributed by atoms with Gasteiger partial charge in [-0.15, -0.1) is 11.3 Å². The van der Waals surface area contributed by atoms with Crippen LogP contribution >= 0.6 is 11.3 Å². The van der Waals surface area contributed by atoms with Crippen molar-refractivity contribution in [3.8, 4) is 6.07 Å². The van der Waals surface area contributed by atoms with Gasteiger partial charge in [0.05, 0.1) is 0 Å². The van der Waals surface area contributed by atoms with Crippen molar-refractivity contribution < 1.29 is 0 Å². The molecule has 0 unspecified atom stereocenters. The average Bonchev–Trinajstić information content (AvgIpc) is 2.95. The highest BCUT2D eigenvalue weighted by Gasteiger charge is 1.99. The Labute approximate surface area is 98.0 Å². The Hall–Kier alpha value is -1.64. The van der Waals surface area contributed by atoms with Crippen LogP contribution in [0.25, 0.3) is 0 Å². The first-order valence-electron chi connectivity index (χ1n) is 5.06. The molecule has 2 aromatic rings. The van der Waals surface area contributed by atoms with Crippen LogP contribution in [0.5, 0.6) is 0 Å². The van der Waals surface area contributed by atoms with Crippen LogP contribution in [-0.2, 0) is 13.0 Å². The fourth-order valence-electron chi connectivity index (χ4n) is 1.39. The van der Waals surface area contributed by atoms with E-state index in [0.29, 0.717) is 0 Å². The fourth-order valence-corrected chi connectivity index (χ4v) is 2.16. The van der Waals surface area contributed by atoms with E-state index in [1.807, 2.05) is 18.3 Å². The molecule has 0 aliphatic heterocycles. The van der Waals surface area contributed by atoms with Gasteiger partial charge in [-0.3, -0.25) is 0 Å². The van der Waals surface area contributed by atoms with Gasteiger partial charge in [0.15, 0.2) is 0 Å². The molecule has 16 heavy (non-hydrogen) atoms. The summed E-state index contributed by atoms with van der Waals surface area (Å²) >= 11 is 1.53. The number of hydrogen-bond donors (Lipinski definition) is 2. The Morgan fingerprint density at radius 2 is 2.44 bits per heavy atom. The Kier molecular flexibility index (Phi) is 3.70. The van der Waals surface area contributed by atoms with Gasteiger partial charge in [-0.2, -0.15) is 5.26 Å². The zero-order chi connectivity index (χ0) is 11.2. The molecule has 0 aliphatic rings. The standard InChI is InChI=1S/C11H12N4S/c12-7-9-1-2-10(16-9)8-13-4-3-11-14-5-6-15-11/h1-2,5-6,13H,3-4,8H2,(H,14,15). The number of aromatic nitrogens is 2. The van der Waals surface area contributed by atoms with E-state index in [9.17, 15) is 0 Å². The minimum Gasteiger partial charge on any atom is -0.349 e. The largest absolute Gasteiger partial charge is 0.349 e. The normalized spacial score (nSPS) is 10.2. The average molecular weight is 232 g/mol. The van der Waals surface area contributed by atoms with Crippen molar-refractivity contribution in [1.82, 2.24) is 15.3 Å². The Morgan fingerprint density at radius 1 is 1.50 bits per heavy atom. The van der Waals surface area contributed by atoms with Gasteiger partial charge in [0.2, 0.25) is 0 Å². The van der Waals surface area contributed by atoms with Gasteiger partial charge in [0.25, 0.3) is 0 Å². The zero-order valence-electron chi connectivity index (χ0n) is 8.73. The van der Waals surface area contributed by atoms with Crippen LogP contribution in [0.15, 0.2) is 24.5 Å². The van der Waals surface area contributed by atoms with Crippen LogP contribution in [0.1, 0.15) is 15.6 Å². The van der Waals surface area contributed by atoms with Crippen LogP contribution in [-0.4, -0.2) is 16.5 Å². The third-order valence-electron chi connectivity index (χ3n) is 2.16. The Balaban J connectivity index is 1.70. The molecular formula is C11H12N4S. The zero-order valence-corrected chi connectivity index (χ0v) is 9.55. The molecule has 0 amide bonds. The molecule has 0 bridgehead atoms. The predicted octanol–water partition coefficient (Wildman–Crippen LogP) is 1.68. The second-order valence-corrected chi connectivity index (χ2v) is 4.51. The van der Waals surface area contributed by atoms with Crippen LogP contribution < -0.4 is 5.32 Å². The molecule has 4 nitrogen and oxygen atoms in total. The van der Waals surface area contributed by atoms with Gasteiger partial charge in [0, 0.05) is 36.8 Å². The van der Waals surface area contributed by atoms with E-state index < -0.39 is 0 Å². The smallest absolute Gasteiger partial charge is 0.110 e. The molecule has 82 valence electrons. The summed E-state index contributed by atoms with van der Waals surface area (Å²) in [6.07, 6.45) is 4.48. The van der Waals surface area contributed by atoms with Crippen LogP contribution in [0.4, 0.5) is 0 Å². The SMILES string of the molecule is N#Cc1ccc(CNCCc2ncc[nH]2)s1. The number of H-pyrrole nitrogens is 1. The molecule has 0 spiro atoms. The van der Waals surface area contributed by atoms with Gasteiger partial charge in [-0.05, 0) is 12.1 Å². The summed E-state index contributed by atoms with van der Waals surface area (Å²) in [4.78, 5) is 9.16. The molecule has 0 aromatic carbocycles. The van der Waals surface area contributed by atoms with Crippen molar-refractivity contribution in [2.24, 2.45) is 0 Å². The molecule has 0 atom stereocenters. The van der Waals surface area contributed by atoms with Crippen molar-refractivity contribution in [2.45, 2.75) is 13.0 Å². The topological polar surface area (TPSA) is 64.5 Å². The summed E-state index contributed by atoms with van der Waals surface area (Å²) in [6.45, 7) is 1.69. The van der Waals surface area contributed by atoms with E-state index in [0.717, 1.165) is 30.2 Å². The van der Waals surface area contributed by atoms with Crippen molar-refractivity contribution in [3.05, 3.63) is 40.1 Å². The van der Waals surface area contributed by atoms with E-state index in [1.165, 1.54) is 16.2 Å². The minimum absolute atomic E-state index is 0.767. The highest BCUT2D eigenvalue weighted by atomic mass is 32.1. The maximum atomic E-state index is 8.68. The van der Waals surface area contributed by atoms with E-state index in [-0.39, 0.29) is 0 Å². The van der Waals surface area contributed by atoms with Gasteiger partial charge in [-0.1, -0.05) is 0 Å². The maximum absolute atomic E-state index is 8.68. The number of aromatic amines is 1. The lowest BCUT2D eigenvalue weighted by molar-refractivity contribution is 0.680. The number of rotatable bonds is 5. The molecular weight excluding hydrogens is 220 g/mol. The molecule has 2 heterocycles. The lowest BCUT2D eigenvalue weighted by Crippen LogP contribution is -2.16. The minimum atomic E-state index is 0.767. The third kappa shape index (κ3) is 2.92. The number of nitriles is 1. The van der Waals surface area contributed by atoms with Crippen molar-refractivity contribution in [2.75, 3.05) is 6.54 Å². The van der Waals surface area contributed by atoms with E-state index in [4.69, 9.17) is 5.26 Å². The quantitative estimate of drug-likeness (QED) is 0.771. The first kappa shape index (κ1) is 10.9. The van der Waals surface area contributed by atoms with Crippen molar-refractivity contribution in [3.63, 3.8) is 0 Å². The number of nitrogens with one attached hydrogen (secondary N) is 2. The fraction of sp³-hybridized carbons (Fsp3) is 0.273. The summed E-state index contributed by atoms with van der Waals surface area (Å²) < 4.78 is 0. The van der Waals surface area contributed by atoms with E-state index >= 15 is 0 Å². The maximum Gasteiger partial charge on any atom is 0.110 e. The van der Waals surface area contributed by atoms with Gasteiger partial charge < -0.3 is 10.3 Å². The van der Waals surface area contributed by atoms with Crippen LogP contribution in [0, 0.1) is 11.3 Å². The molecule has 0 fully saturated rings. The van der Waals surface area contributed by atoms with Crippen molar-refractivity contribution >= 4 is 11.3 Å². The van der Waals surface area contributed by atoms with Gasteiger partial charge in [-0.25, -0.2) is 4.98 Å². The van der Waals surface area contributed by atoms with Gasteiger partial charge in [0.1, 0.15) is 16.8 Å². The Bertz CT molecular complexity index is 466. The molecule has 0 radical (unpaired) electrons. The van der Waals surface area contributed by atoms with Crippen molar-refractivity contribution in [1.29, 1.82) is 5.26 Å². The summed E-state index contributed by atoms with van der Waals surface area (Å²) in [5.74, 6) is 0.997. The number of thiophene rings is 1. The molecule has 0 saturated carbocycles. The predicted molar refractivity (Wildman–Crippen MR) is 63.0 cm³/mol. The first-order valence-corrected chi connectivity index (χ1v) is 5.88. The first-order chi connectivity index (χ1) is 7.88. The number of nitrogens with zero attached hydrogens (tertiary/aromatic N) is 2. The lowest BCUT2D eigenvalue weighted by atomic mass is 10.4. The Morgan fingerprint density at radius 3 is 3.12 bits per heavy atom. The molecule has 2 N–H and O–H groups in total. The number of imidazole rings is 1. The number of hydrogen-bond acceptors (Lipinski definition) is 4. The van der Waals surface area contributed by atoms with Crippen LogP contribution in [0.3, 0.4) is 0 Å². The molecule has 2 rings (SSSR count). The molecule has 5 heteroatoms. The molecule has 2 aromatic heterocycles. The molecule has 0 saturated heterocycles. The van der Waals surface area contributed by atoms with E-state index in [2.05, 4.69) is 21.4 Å². The third-order valence-corrected chi connectivity index (χ3v) is 3.15. The lowest BCUT2D eigenvalue weighted by Gasteiger charge is -2.00. The molecule has 0 aliphatic carbocycles. The second-order valence-electron chi connectivity index (χ2n) is 3.34. The van der Waals surface area contributed by atoms with E-state index in [1.54, 1.807) is 6.20 Å². The summed E-state index contributed by atoms with van der Waals surface area (Å²) in [5, 5.41) is 12.0. The van der Waals surface area contributed by atoms with Gasteiger partial charge >= 0.3 is 0 Å². The highest BCUT2D eigenvalue weighted by molar-refractivity contribution is 7.12. The summed E-state index contributed by atoms with van der Waals surface area (Å²) in [5.41, 5.74) is 0.